The van der Waals surface area contributed by atoms with Crippen molar-refractivity contribution >= 4 is 29.1 Å². The molecule has 1 aliphatic carbocycles. The predicted octanol–water partition coefficient (Wildman–Crippen LogP) is 4.06. The summed E-state index contributed by atoms with van der Waals surface area (Å²) in [5.74, 6) is -1.93. The molecule has 178 valence electrons. The van der Waals surface area contributed by atoms with Gasteiger partial charge in [0.2, 0.25) is 0 Å². The van der Waals surface area contributed by atoms with Gasteiger partial charge in [0.15, 0.2) is 18.2 Å². The van der Waals surface area contributed by atoms with E-state index in [9.17, 15) is 19.2 Å². The lowest BCUT2D eigenvalue weighted by Gasteiger charge is -2.20. The van der Waals surface area contributed by atoms with Crippen LogP contribution in [0.25, 0.3) is 5.69 Å². The van der Waals surface area contributed by atoms with Crippen molar-refractivity contribution in [2.24, 2.45) is 0 Å². The van der Waals surface area contributed by atoms with Crippen molar-refractivity contribution in [1.29, 1.82) is 0 Å². The number of nitrogens with zero attached hydrogens (tertiary/aromatic N) is 2. The quantitative estimate of drug-likeness (QED) is 0.381. The fourth-order valence-corrected chi connectivity index (χ4v) is 4.28. The fraction of sp³-hybridized carbons (Fsp3) is 0.107. The van der Waals surface area contributed by atoms with Gasteiger partial charge in [0.1, 0.15) is 0 Å². The molecule has 0 saturated heterocycles. The topological polar surface area (TPSA) is 107 Å². The minimum absolute atomic E-state index is 0.126. The lowest BCUT2D eigenvalue weighted by molar-refractivity contribution is -0.119. The molecule has 8 heteroatoms. The van der Waals surface area contributed by atoms with Crippen LogP contribution in [0.2, 0.25) is 0 Å². The minimum Gasteiger partial charge on any atom is -0.452 e. The maximum Gasteiger partial charge on any atom is 0.338 e. The van der Waals surface area contributed by atoms with E-state index < -0.39 is 18.5 Å². The lowest BCUT2D eigenvalue weighted by atomic mass is 9.83. The van der Waals surface area contributed by atoms with Crippen molar-refractivity contribution in [3.8, 4) is 5.69 Å². The monoisotopic (exact) mass is 479 g/mol. The Bertz CT molecular complexity index is 1550. The molecule has 0 fully saturated rings. The first kappa shape index (κ1) is 22.9. The lowest BCUT2D eigenvalue weighted by Crippen LogP contribution is -2.26. The number of ketones is 2. The Kier molecular flexibility index (Phi) is 5.77. The van der Waals surface area contributed by atoms with Crippen molar-refractivity contribution in [3.63, 3.8) is 0 Å². The first-order valence-electron chi connectivity index (χ1n) is 11.3. The normalized spacial score (nSPS) is 12.1. The van der Waals surface area contributed by atoms with Crippen LogP contribution in [0, 0.1) is 13.8 Å². The molecule has 0 saturated carbocycles. The molecule has 3 aromatic carbocycles. The van der Waals surface area contributed by atoms with Crippen molar-refractivity contribution in [3.05, 3.63) is 112 Å². The predicted molar refractivity (Wildman–Crippen MR) is 132 cm³/mol. The molecule has 0 atom stereocenters. The van der Waals surface area contributed by atoms with Gasteiger partial charge in [0.05, 0.1) is 28.2 Å². The van der Waals surface area contributed by atoms with Gasteiger partial charge in [0.25, 0.3) is 5.91 Å². The average molecular weight is 479 g/mol. The molecule has 8 nitrogen and oxygen atoms in total. The molecule has 1 N–H and O–H groups in total. The second kappa shape index (κ2) is 9.07. The summed E-state index contributed by atoms with van der Waals surface area (Å²) in [7, 11) is 0. The van der Waals surface area contributed by atoms with E-state index in [1.807, 2.05) is 19.9 Å². The zero-order valence-electron chi connectivity index (χ0n) is 19.6. The van der Waals surface area contributed by atoms with Gasteiger partial charge < -0.3 is 10.1 Å². The summed E-state index contributed by atoms with van der Waals surface area (Å²) in [6.45, 7) is 3.28. The summed E-state index contributed by atoms with van der Waals surface area (Å²) in [6, 6.07) is 19.9. The Labute approximate surface area is 206 Å². The average Bonchev–Trinajstić information content (AvgIpc) is 3.23. The molecule has 0 bridgehead atoms. The zero-order valence-corrected chi connectivity index (χ0v) is 19.6. The highest BCUT2D eigenvalue weighted by Crippen LogP contribution is 2.31. The first-order valence-corrected chi connectivity index (χ1v) is 11.3. The number of amides is 1. The van der Waals surface area contributed by atoms with E-state index in [4.69, 9.17) is 4.74 Å². The summed E-state index contributed by atoms with van der Waals surface area (Å²) >= 11 is 0. The van der Waals surface area contributed by atoms with Crippen LogP contribution >= 0.6 is 0 Å². The van der Waals surface area contributed by atoms with Crippen LogP contribution in [0.1, 0.15) is 53.6 Å². The van der Waals surface area contributed by atoms with E-state index in [0.717, 1.165) is 17.1 Å². The third-order valence-corrected chi connectivity index (χ3v) is 5.92. The van der Waals surface area contributed by atoms with Gasteiger partial charge in [-0.2, -0.15) is 5.10 Å². The third-order valence-electron chi connectivity index (χ3n) is 5.92. The van der Waals surface area contributed by atoms with E-state index in [1.165, 1.54) is 6.07 Å². The van der Waals surface area contributed by atoms with Crippen molar-refractivity contribution in [2.45, 2.75) is 13.8 Å². The van der Waals surface area contributed by atoms with Crippen LogP contribution in [0.4, 0.5) is 5.69 Å². The molecule has 1 heterocycles. The molecule has 1 amide bonds. The van der Waals surface area contributed by atoms with Crippen molar-refractivity contribution in [2.75, 3.05) is 11.9 Å². The molecule has 0 spiro atoms. The van der Waals surface area contributed by atoms with Gasteiger partial charge in [-0.05, 0) is 50.2 Å². The molecule has 1 aromatic heterocycles. The summed E-state index contributed by atoms with van der Waals surface area (Å²) in [6.07, 6.45) is 0. The van der Waals surface area contributed by atoms with Crippen LogP contribution in [0.3, 0.4) is 0 Å². The van der Waals surface area contributed by atoms with Crippen LogP contribution < -0.4 is 5.32 Å². The van der Waals surface area contributed by atoms with Gasteiger partial charge >= 0.3 is 5.97 Å². The van der Waals surface area contributed by atoms with E-state index in [2.05, 4.69) is 10.4 Å². The van der Waals surface area contributed by atoms with Crippen LogP contribution in [0.5, 0.6) is 0 Å². The van der Waals surface area contributed by atoms with E-state index in [-0.39, 0.29) is 39.5 Å². The highest BCUT2D eigenvalue weighted by Gasteiger charge is 2.31. The fourth-order valence-electron chi connectivity index (χ4n) is 4.28. The summed E-state index contributed by atoms with van der Waals surface area (Å²) in [5, 5.41) is 7.01. The Balaban J connectivity index is 1.26. The number of hydrogen-bond acceptors (Lipinski definition) is 6. The molecule has 5 rings (SSSR count). The number of fused-ring (bicyclic) bond motifs is 2. The van der Waals surface area contributed by atoms with Crippen LogP contribution in [-0.4, -0.2) is 39.8 Å². The van der Waals surface area contributed by atoms with E-state index >= 15 is 0 Å². The second-order valence-electron chi connectivity index (χ2n) is 8.44. The molecule has 0 aliphatic heterocycles. The number of benzene rings is 3. The van der Waals surface area contributed by atoms with Crippen molar-refractivity contribution < 1.29 is 23.9 Å². The largest absolute Gasteiger partial charge is 0.452 e. The first-order chi connectivity index (χ1) is 17.3. The molecule has 0 radical (unpaired) electrons. The molecule has 36 heavy (non-hydrogen) atoms. The summed E-state index contributed by atoms with van der Waals surface area (Å²) in [5.41, 5.74) is 4.08. The second-order valence-corrected chi connectivity index (χ2v) is 8.44. The number of carbonyl (C=O) groups excluding carboxylic acids is 4. The SMILES string of the molecule is Cc1cc(C)n(-c2ccc(C(=O)OCC(=O)Nc3cccc4c3C(=O)c3ccccc3C4=O)cc2)n1. The number of hydrogen-bond donors (Lipinski definition) is 1. The number of aromatic nitrogens is 2. The molecule has 1 aliphatic rings. The summed E-state index contributed by atoms with van der Waals surface area (Å²) < 4.78 is 6.93. The van der Waals surface area contributed by atoms with Gasteiger partial charge in [0, 0.05) is 22.4 Å². The van der Waals surface area contributed by atoms with Crippen molar-refractivity contribution in [1.82, 2.24) is 9.78 Å². The number of aryl methyl sites for hydroxylation is 2. The minimum atomic E-state index is -0.666. The number of ether oxygens (including phenoxy) is 1. The Morgan fingerprint density at radius 3 is 2.19 bits per heavy atom. The zero-order chi connectivity index (χ0) is 25.4. The number of esters is 1. The number of carbonyl (C=O) groups is 4. The number of nitrogens with one attached hydrogen (secondary N) is 1. The highest BCUT2D eigenvalue weighted by molar-refractivity contribution is 6.30. The van der Waals surface area contributed by atoms with E-state index in [0.29, 0.717) is 5.56 Å². The standard InChI is InChI=1S/C28H21N3O5/c1-16-14-17(2)31(30-16)19-12-10-18(11-13-19)28(35)36-15-24(32)29-23-9-5-8-22-25(23)27(34)21-7-4-3-6-20(21)26(22)33/h3-14H,15H2,1-2H3,(H,29,32). The van der Waals surface area contributed by atoms with Gasteiger partial charge in [-0.15, -0.1) is 0 Å². The molecule has 0 unspecified atom stereocenters. The molecular formula is C28H21N3O5. The number of anilines is 1. The molecular weight excluding hydrogens is 458 g/mol. The Morgan fingerprint density at radius 1 is 0.861 bits per heavy atom. The van der Waals surface area contributed by atoms with Crippen LogP contribution in [0.15, 0.2) is 72.8 Å². The third kappa shape index (κ3) is 4.09. The van der Waals surface area contributed by atoms with Gasteiger partial charge in [-0.25, -0.2) is 9.48 Å². The maximum absolute atomic E-state index is 13.1. The number of rotatable bonds is 5. The highest BCUT2D eigenvalue weighted by atomic mass is 16.5. The smallest absolute Gasteiger partial charge is 0.338 e. The van der Waals surface area contributed by atoms with Crippen LogP contribution in [-0.2, 0) is 9.53 Å². The Hall–Kier alpha value is -4.85. The molecule has 4 aromatic rings. The summed E-state index contributed by atoms with van der Waals surface area (Å²) in [4.78, 5) is 50.9. The Morgan fingerprint density at radius 2 is 1.53 bits per heavy atom. The maximum atomic E-state index is 13.1. The van der Waals surface area contributed by atoms with Gasteiger partial charge in [-0.1, -0.05) is 36.4 Å². The van der Waals surface area contributed by atoms with Gasteiger partial charge in [-0.3, -0.25) is 14.4 Å². The van der Waals surface area contributed by atoms with E-state index in [1.54, 1.807) is 65.3 Å².